The van der Waals surface area contributed by atoms with E-state index in [1.807, 2.05) is 0 Å². The van der Waals surface area contributed by atoms with Crippen LogP contribution in [-0.4, -0.2) is 26.4 Å². The van der Waals surface area contributed by atoms with E-state index in [1.165, 1.54) is 24.3 Å². The van der Waals surface area contributed by atoms with Crippen molar-refractivity contribution in [3.8, 4) is 0 Å². The van der Waals surface area contributed by atoms with Crippen LogP contribution in [0.2, 0.25) is 0 Å². The van der Waals surface area contributed by atoms with Crippen molar-refractivity contribution in [3.05, 3.63) is 35.4 Å². The smallest absolute Gasteiger partial charge is 0.307 e. The van der Waals surface area contributed by atoms with Crippen LogP contribution in [0.15, 0.2) is 24.3 Å². The van der Waals surface area contributed by atoms with Gasteiger partial charge in [0, 0.05) is 0 Å². The molecule has 0 saturated heterocycles. The van der Waals surface area contributed by atoms with E-state index in [-0.39, 0.29) is 37.6 Å². The highest BCUT2D eigenvalue weighted by atomic mass is 31.2. The van der Waals surface area contributed by atoms with Crippen molar-refractivity contribution >= 4 is 15.2 Å². The van der Waals surface area contributed by atoms with Crippen LogP contribution in [0, 0.1) is 0 Å². The summed E-state index contributed by atoms with van der Waals surface area (Å²) in [6, 6.07) is 5.00. The van der Waals surface area contributed by atoms with E-state index in [4.69, 9.17) is 18.1 Å². The molecule has 0 N–H and O–H groups in total. The Morgan fingerprint density at radius 1 is 0.692 bits per heavy atom. The summed E-state index contributed by atoms with van der Waals surface area (Å²) in [5.74, 6) is -4.03. The van der Waals surface area contributed by atoms with Gasteiger partial charge in [-0.05, 0) is 38.8 Å². The van der Waals surface area contributed by atoms with Gasteiger partial charge in [0.15, 0.2) is 0 Å². The van der Waals surface area contributed by atoms with Crippen LogP contribution in [0.1, 0.15) is 50.6 Å². The van der Waals surface area contributed by atoms with E-state index in [0.717, 1.165) is 0 Å². The topological polar surface area (TPSA) is 71.1 Å². The van der Waals surface area contributed by atoms with Crippen LogP contribution >= 0.6 is 15.2 Å². The molecule has 1 aromatic carbocycles. The predicted molar refractivity (Wildman–Crippen MR) is 95.9 cm³/mol. The summed E-state index contributed by atoms with van der Waals surface area (Å²) in [5.41, 5.74) is 0.0164. The zero-order valence-corrected chi connectivity index (χ0v) is 17.2. The number of hydrogen-bond donors (Lipinski definition) is 0. The van der Waals surface area contributed by atoms with Gasteiger partial charge < -0.3 is 18.1 Å². The Morgan fingerprint density at radius 3 is 1.12 bits per heavy atom. The van der Waals surface area contributed by atoms with Crippen molar-refractivity contribution in [1.29, 1.82) is 0 Å². The first-order chi connectivity index (χ1) is 12.3. The summed E-state index contributed by atoms with van der Waals surface area (Å²) < 4.78 is 74.2. The molecule has 1 rings (SSSR count). The van der Waals surface area contributed by atoms with Gasteiger partial charge >= 0.3 is 15.2 Å². The standard InChI is InChI=1S/C16H26F2O6P2/c1-5-21-25(19,22-6-2)15(17)13-9-11-14(12-10-13)16(18)26(20,23-7-3)24-8-4/h9-12,15-16H,5-8H2,1-4H3. The van der Waals surface area contributed by atoms with Gasteiger partial charge in [-0.25, -0.2) is 8.78 Å². The SMILES string of the molecule is CCOP(=O)(OCC)C(F)c1ccc(C(F)P(=O)(OCC)OCC)cc1. The average molecular weight is 414 g/mol. The zero-order valence-electron chi connectivity index (χ0n) is 15.4. The predicted octanol–water partition coefficient (Wildman–Crippen LogP) is 6.16. The van der Waals surface area contributed by atoms with Crippen molar-refractivity contribution in [2.45, 2.75) is 39.5 Å². The van der Waals surface area contributed by atoms with Crippen molar-refractivity contribution in [2.24, 2.45) is 0 Å². The molecule has 10 heteroatoms. The van der Waals surface area contributed by atoms with Crippen molar-refractivity contribution in [1.82, 2.24) is 0 Å². The fourth-order valence-electron chi connectivity index (χ4n) is 2.23. The minimum atomic E-state index is -3.99. The van der Waals surface area contributed by atoms with Gasteiger partial charge in [0.1, 0.15) is 0 Å². The van der Waals surface area contributed by atoms with E-state index in [9.17, 15) is 17.9 Å². The van der Waals surface area contributed by atoms with Crippen LogP contribution in [-0.2, 0) is 27.2 Å². The quantitative estimate of drug-likeness (QED) is 0.382. The summed E-state index contributed by atoms with van der Waals surface area (Å²) in [4.78, 5) is 0. The summed E-state index contributed by atoms with van der Waals surface area (Å²) in [5, 5.41) is 0. The second-order valence-electron chi connectivity index (χ2n) is 5.09. The number of rotatable bonds is 12. The van der Waals surface area contributed by atoms with Gasteiger partial charge in [-0.2, -0.15) is 0 Å². The molecule has 26 heavy (non-hydrogen) atoms. The Kier molecular flexibility index (Phi) is 9.59. The van der Waals surface area contributed by atoms with E-state index in [1.54, 1.807) is 27.7 Å². The maximum Gasteiger partial charge on any atom is 0.369 e. The molecule has 0 saturated carbocycles. The third-order valence-corrected chi connectivity index (χ3v) is 7.46. The van der Waals surface area contributed by atoms with Crippen LogP contribution in [0.4, 0.5) is 8.78 Å². The Hall–Kier alpha value is -0.620. The zero-order chi connectivity index (χ0) is 19.8. The maximum absolute atomic E-state index is 14.7. The third kappa shape index (κ3) is 5.69. The minimum absolute atomic E-state index is 0.00818. The first kappa shape index (κ1) is 23.4. The van der Waals surface area contributed by atoms with Crippen LogP contribution < -0.4 is 0 Å². The Labute approximate surface area is 153 Å². The summed E-state index contributed by atoms with van der Waals surface area (Å²) >= 11 is 0. The molecule has 1 aromatic rings. The molecule has 6 nitrogen and oxygen atoms in total. The molecule has 0 amide bonds. The molecule has 0 fully saturated rings. The normalized spacial score (nSPS) is 15.0. The lowest BCUT2D eigenvalue weighted by atomic mass is 10.1. The molecule has 0 aromatic heterocycles. The van der Waals surface area contributed by atoms with Crippen LogP contribution in [0.3, 0.4) is 0 Å². The fraction of sp³-hybridized carbons (Fsp3) is 0.625. The number of benzene rings is 1. The highest BCUT2D eigenvalue weighted by Crippen LogP contribution is 2.63. The van der Waals surface area contributed by atoms with Gasteiger partial charge in [0.05, 0.1) is 26.4 Å². The van der Waals surface area contributed by atoms with Crippen LogP contribution in [0.5, 0.6) is 0 Å². The highest BCUT2D eigenvalue weighted by molar-refractivity contribution is 7.54. The minimum Gasteiger partial charge on any atom is -0.307 e. The Bertz CT molecular complexity index is 565. The number of hydrogen-bond acceptors (Lipinski definition) is 6. The molecular weight excluding hydrogens is 388 g/mol. The molecule has 0 aliphatic heterocycles. The van der Waals surface area contributed by atoms with Gasteiger partial charge in [-0.3, -0.25) is 9.13 Å². The van der Waals surface area contributed by atoms with Gasteiger partial charge in [-0.15, -0.1) is 0 Å². The lowest BCUT2D eigenvalue weighted by molar-refractivity contribution is 0.188. The average Bonchev–Trinajstić information content (AvgIpc) is 2.61. The van der Waals surface area contributed by atoms with E-state index < -0.39 is 27.0 Å². The molecule has 0 aliphatic rings. The summed E-state index contributed by atoms with van der Waals surface area (Å²) in [7, 11) is -7.98. The van der Waals surface area contributed by atoms with Gasteiger partial charge in [-0.1, -0.05) is 24.3 Å². The largest absolute Gasteiger partial charge is 0.369 e. The lowest BCUT2D eigenvalue weighted by Crippen LogP contribution is -2.05. The number of halogens is 2. The third-order valence-electron chi connectivity index (χ3n) is 3.28. The molecule has 150 valence electrons. The van der Waals surface area contributed by atoms with E-state index >= 15 is 0 Å². The second-order valence-corrected chi connectivity index (χ2v) is 9.19. The Morgan fingerprint density at radius 2 is 0.923 bits per heavy atom. The monoisotopic (exact) mass is 414 g/mol. The first-order valence-corrected chi connectivity index (χ1v) is 11.7. The van der Waals surface area contributed by atoms with Crippen molar-refractivity contribution < 1.29 is 36.0 Å². The molecule has 0 heterocycles. The highest BCUT2D eigenvalue weighted by Gasteiger charge is 2.39. The second kappa shape index (κ2) is 10.6. The molecule has 2 unspecified atom stereocenters. The fourth-order valence-corrected chi connectivity index (χ4v) is 5.42. The van der Waals surface area contributed by atoms with E-state index in [0.29, 0.717) is 0 Å². The number of alkyl halides is 2. The molecule has 0 aliphatic carbocycles. The van der Waals surface area contributed by atoms with E-state index in [2.05, 4.69) is 0 Å². The van der Waals surface area contributed by atoms with Crippen molar-refractivity contribution in [2.75, 3.05) is 26.4 Å². The molecule has 0 spiro atoms. The summed E-state index contributed by atoms with van der Waals surface area (Å²) in [6.45, 7) is 6.40. The molecule has 2 atom stereocenters. The molecule has 0 radical (unpaired) electrons. The summed E-state index contributed by atoms with van der Waals surface area (Å²) in [6.07, 6.45) is 0. The van der Waals surface area contributed by atoms with Gasteiger partial charge in [0.25, 0.3) is 0 Å². The molecule has 0 bridgehead atoms. The van der Waals surface area contributed by atoms with Gasteiger partial charge in [0.2, 0.25) is 11.8 Å². The molecular formula is C16H26F2O6P2. The first-order valence-electron chi connectivity index (χ1n) is 8.43. The maximum atomic E-state index is 14.7. The lowest BCUT2D eigenvalue weighted by Gasteiger charge is -2.22. The van der Waals surface area contributed by atoms with Crippen LogP contribution in [0.25, 0.3) is 0 Å². The Balaban J connectivity index is 3.06. The van der Waals surface area contributed by atoms with Crippen molar-refractivity contribution in [3.63, 3.8) is 0 Å².